The largest absolute Gasteiger partial charge is 0.444 e. The number of hydrogen-bond acceptors (Lipinski definition) is 4. The highest BCUT2D eigenvalue weighted by Gasteiger charge is 2.52. The number of carbonyl (C=O) groups excluding carboxylic acids is 2. The summed E-state index contributed by atoms with van der Waals surface area (Å²) >= 11 is 0. The highest BCUT2D eigenvalue weighted by Crippen LogP contribution is 2.50. The summed E-state index contributed by atoms with van der Waals surface area (Å²) in [4.78, 5) is 29.0. The van der Waals surface area contributed by atoms with Gasteiger partial charge in [-0.05, 0) is 58.6 Å². The molecular formula is C20H29N3O3. The number of hydrogen-bond donors (Lipinski definition) is 2. The van der Waals surface area contributed by atoms with Gasteiger partial charge in [-0.1, -0.05) is 18.9 Å². The zero-order valence-corrected chi connectivity index (χ0v) is 15.9. The second kappa shape index (κ2) is 7.25. The summed E-state index contributed by atoms with van der Waals surface area (Å²) in [5.41, 5.74) is -0.163. The molecule has 0 saturated heterocycles. The zero-order valence-electron chi connectivity index (χ0n) is 15.9. The third-order valence-corrected chi connectivity index (χ3v) is 5.55. The Balaban J connectivity index is 1.70. The van der Waals surface area contributed by atoms with E-state index in [0.29, 0.717) is 5.69 Å². The Bertz CT molecular complexity index is 652. The third-order valence-electron chi connectivity index (χ3n) is 5.55. The van der Waals surface area contributed by atoms with Gasteiger partial charge in [-0.2, -0.15) is 0 Å². The van der Waals surface area contributed by atoms with Crippen LogP contribution in [0.1, 0.15) is 69.8 Å². The van der Waals surface area contributed by atoms with Gasteiger partial charge in [-0.15, -0.1) is 0 Å². The first-order valence-corrected chi connectivity index (χ1v) is 9.52. The first-order chi connectivity index (χ1) is 12.3. The Labute approximate surface area is 155 Å². The van der Waals surface area contributed by atoms with E-state index in [1.54, 1.807) is 18.3 Å². The lowest BCUT2D eigenvalue weighted by molar-refractivity contribution is 0.0445. The van der Waals surface area contributed by atoms with E-state index in [1.165, 1.54) is 0 Å². The lowest BCUT2D eigenvalue weighted by Gasteiger charge is -2.38. The first kappa shape index (κ1) is 18.7. The predicted molar refractivity (Wildman–Crippen MR) is 98.8 cm³/mol. The zero-order chi connectivity index (χ0) is 18.8. The Morgan fingerprint density at radius 3 is 2.35 bits per heavy atom. The molecule has 0 radical (unpaired) electrons. The maximum absolute atomic E-state index is 12.6. The van der Waals surface area contributed by atoms with E-state index >= 15 is 0 Å². The van der Waals surface area contributed by atoms with E-state index in [0.717, 1.165) is 38.5 Å². The van der Waals surface area contributed by atoms with Crippen molar-refractivity contribution >= 4 is 12.0 Å². The van der Waals surface area contributed by atoms with Crippen LogP contribution in [-0.2, 0) is 4.74 Å². The standard InChI is InChI=1S/C20H29N3O3/c1-19(2,3)26-18(25)23-16-10-7-12-20(16)11-6-9-15(20)22-17(24)14-8-4-5-13-21-14/h4-5,8,13,15-16H,6-7,9-12H2,1-3H3,(H,22,24)(H,23,25)/t15-,16-,20-/m0/s1. The van der Waals surface area contributed by atoms with Gasteiger partial charge in [0.2, 0.25) is 0 Å². The lowest BCUT2D eigenvalue weighted by atomic mass is 9.77. The van der Waals surface area contributed by atoms with Gasteiger partial charge in [0, 0.05) is 23.7 Å². The molecule has 1 spiro atoms. The smallest absolute Gasteiger partial charge is 0.407 e. The molecule has 0 bridgehead atoms. The lowest BCUT2D eigenvalue weighted by Crippen LogP contribution is -2.54. The van der Waals surface area contributed by atoms with Crippen LogP contribution in [0.5, 0.6) is 0 Å². The molecule has 2 saturated carbocycles. The molecule has 2 N–H and O–H groups in total. The number of amides is 2. The van der Waals surface area contributed by atoms with Crippen LogP contribution in [0.2, 0.25) is 0 Å². The van der Waals surface area contributed by atoms with Crippen LogP contribution in [-0.4, -0.2) is 34.7 Å². The van der Waals surface area contributed by atoms with Crippen LogP contribution in [0.4, 0.5) is 4.79 Å². The van der Waals surface area contributed by atoms with Crippen molar-refractivity contribution < 1.29 is 14.3 Å². The maximum Gasteiger partial charge on any atom is 0.407 e. The van der Waals surface area contributed by atoms with Gasteiger partial charge >= 0.3 is 6.09 Å². The Hall–Kier alpha value is -2.11. The Morgan fingerprint density at radius 2 is 1.77 bits per heavy atom. The molecule has 0 aliphatic heterocycles. The molecule has 2 fully saturated rings. The van der Waals surface area contributed by atoms with E-state index in [4.69, 9.17) is 4.74 Å². The van der Waals surface area contributed by atoms with Crippen molar-refractivity contribution in [2.45, 2.75) is 77.0 Å². The minimum Gasteiger partial charge on any atom is -0.444 e. The molecule has 6 nitrogen and oxygen atoms in total. The first-order valence-electron chi connectivity index (χ1n) is 9.52. The van der Waals surface area contributed by atoms with Gasteiger partial charge in [0.05, 0.1) is 0 Å². The molecule has 0 aromatic carbocycles. The van der Waals surface area contributed by atoms with E-state index in [1.807, 2.05) is 26.8 Å². The molecule has 26 heavy (non-hydrogen) atoms. The summed E-state index contributed by atoms with van der Waals surface area (Å²) in [5, 5.41) is 6.27. The fraction of sp³-hybridized carbons (Fsp3) is 0.650. The van der Waals surface area contributed by atoms with Gasteiger partial charge < -0.3 is 15.4 Å². The van der Waals surface area contributed by atoms with Crippen molar-refractivity contribution in [2.24, 2.45) is 5.41 Å². The molecule has 2 amide bonds. The van der Waals surface area contributed by atoms with Gasteiger partial charge in [-0.3, -0.25) is 9.78 Å². The number of nitrogens with zero attached hydrogens (tertiary/aromatic N) is 1. The number of rotatable bonds is 3. The molecule has 2 aliphatic carbocycles. The fourth-order valence-corrected chi connectivity index (χ4v) is 4.52. The SMILES string of the molecule is CC(C)(C)OC(=O)N[C@H]1CCC[C@]12CCC[C@@H]2NC(=O)c1ccccn1. The van der Waals surface area contributed by atoms with E-state index < -0.39 is 5.60 Å². The molecule has 2 aliphatic rings. The van der Waals surface area contributed by atoms with Crippen molar-refractivity contribution in [3.63, 3.8) is 0 Å². The summed E-state index contributed by atoms with van der Waals surface area (Å²) in [6.07, 6.45) is 7.25. The summed E-state index contributed by atoms with van der Waals surface area (Å²) in [7, 11) is 0. The number of nitrogens with one attached hydrogen (secondary N) is 2. The van der Waals surface area contributed by atoms with Crippen LogP contribution in [0, 0.1) is 5.41 Å². The average Bonchev–Trinajstić information content (AvgIpc) is 3.15. The third kappa shape index (κ3) is 4.00. The maximum atomic E-state index is 12.6. The van der Waals surface area contributed by atoms with Crippen LogP contribution < -0.4 is 10.6 Å². The summed E-state index contributed by atoms with van der Waals surface area (Å²) in [6, 6.07) is 5.43. The minimum atomic E-state index is -0.516. The minimum absolute atomic E-state index is 0.0360. The number of alkyl carbamates (subject to hydrolysis) is 1. The van der Waals surface area contributed by atoms with Gasteiger partial charge in [0.1, 0.15) is 11.3 Å². The van der Waals surface area contributed by atoms with Crippen molar-refractivity contribution in [3.8, 4) is 0 Å². The number of aromatic nitrogens is 1. The van der Waals surface area contributed by atoms with Crippen LogP contribution in [0.3, 0.4) is 0 Å². The van der Waals surface area contributed by atoms with E-state index in [2.05, 4.69) is 15.6 Å². The Kier molecular flexibility index (Phi) is 5.21. The van der Waals surface area contributed by atoms with Crippen molar-refractivity contribution in [1.29, 1.82) is 0 Å². The summed E-state index contributed by atoms with van der Waals surface area (Å²) < 4.78 is 5.44. The normalized spacial score (nSPS) is 28.1. The number of carbonyl (C=O) groups is 2. The Morgan fingerprint density at radius 1 is 1.12 bits per heavy atom. The average molecular weight is 359 g/mol. The number of ether oxygens (including phenoxy) is 1. The molecule has 6 heteroatoms. The molecule has 0 unspecified atom stereocenters. The second-order valence-electron chi connectivity index (χ2n) is 8.46. The molecule has 3 atom stereocenters. The molecular weight excluding hydrogens is 330 g/mol. The fourth-order valence-electron chi connectivity index (χ4n) is 4.52. The van der Waals surface area contributed by atoms with E-state index in [-0.39, 0.29) is 29.5 Å². The molecule has 142 valence electrons. The summed E-state index contributed by atoms with van der Waals surface area (Å²) in [6.45, 7) is 5.59. The summed E-state index contributed by atoms with van der Waals surface area (Å²) in [5.74, 6) is -0.139. The van der Waals surface area contributed by atoms with Gasteiger partial charge in [-0.25, -0.2) is 4.79 Å². The van der Waals surface area contributed by atoms with Crippen molar-refractivity contribution in [3.05, 3.63) is 30.1 Å². The highest BCUT2D eigenvalue weighted by molar-refractivity contribution is 5.92. The predicted octanol–water partition coefficient (Wildman–Crippen LogP) is 3.43. The van der Waals surface area contributed by atoms with Gasteiger partial charge in [0.15, 0.2) is 0 Å². The molecule has 3 rings (SSSR count). The topological polar surface area (TPSA) is 80.3 Å². The monoisotopic (exact) mass is 359 g/mol. The van der Waals surface area contributed by atoms with Crippen molar-refractivity contribution in [2.75, 3.05) is 0 Å². The van der Waals surface area contributed by atoms with Crippen LogP contribution >= 0.6 is 0 Å². The molecule has 1 aromatic rings. The second-order valence-corrected chi connectivity index (χ2v) is 8.46. The van der Waals surface area contributed by atoms with E-state index in [9.17, 15) is 9.59 Å². The van der Waals surface area contributed by atoms with Gasteiger partial charge in [0.25, 0.3) is 5.91 Å². The molecule has 1 aromatic heterocycles. The highest BCUT2D eigenvalue weighted by atomic mass is 16.6. The van der Waals surface area contributed by atoms with Crippen molar-refractivity contribution in [1.82, 2.24) is 15.6 Å². The van der Waals surface area contributed by atoms with Crippen LogP contribution in [0.15, 0.2) is 24.4 Å². The molecule has 1 heterocycles. The quantitative estimate of drug-likeness (QED) is 0.866. The number of pyridine rings is 1. The van der Waals surface area contributed by atoms with Crippen LogP contribution in [0.25, 0.3) is 0 Å².